The predicted octanol–water partition coefficient (Wildman–Crippen LogP) is 4.98. The van der Waals surface area contributed by atoms with Crippen LogP contribution in [-0.2, 0) is 36.8 Å². The lowest BCUT2D eigenvalue weighted by Gasteiger charge is -2.62. The van der Waals surface area contributed by atoms with Crippen LogP contribution in [-0.4, -0.2) is 87.9 Å². The Morgan fingerprint density at radius 3 is 2.27 bits per heavy atom. The van der Waals surface area contributed by atoms with Crippen LogP contribution < -0.4 is 16.0 Å². The Hall–Kier alpha value is -4.32. The second kappa shape index (κ2) is 17.0. The molecule has 3 N–H and O–H groups in total. The Morgan fingerprint density at radius 1 is 0.946 bits per heavy atom. The number of nitrogens with zero attached hydrogens (tertiary/aromatic N) is 2. The van der Waals surface area contributed by atoms with Gasteiger partial charge in [-0.3, -0.25) is 28.8 Å². The maximum atomic E-state index is 15.6. The zero-order chi connectivity index (χ0) is 39.6. The molecule has 5 amide bonds. The largest absolute Gasteiger partial charge is 0.346 e. The predicted molar refractivity (Wildman–Crippen MR) is 215 cm³/mol. The molecule has 4 fully saturated rings. The summed E-state index contributed by atoms with van der Waals surface area (Å²) in [5.74, 6) is -2.55. The zero-order valence-corrected chi connectivity index (χ0v) is 33.6. The zero-order valence-electron chi connectivity index (χ0n) is 32.8. The molecule has 1 spiro atoms. The van der Waals surface area contributed by atoms with Gasteiger partial charge in [-0.05, 0) is 91.2 Å². The van der Waals surface area contributed by atoms with Gasteiger partial charge < -0.3 is 25.8 Å². The average Bonchev–Trinajstić information content (AvgIpc) is 3.96. The van der Waals surface area contributed by atoms with Crippen LogP contribution >= 0.6 is 11.3 Å². The molecule has 300 valence electrons. The molecule has 7 rings (SSSR count). The van der Waals surface area contributed by atoms with Crippen molar-refractivity contribution in [3.63, 3.8) is 0 Å². The monoisotopic (exact) mass is 783 g/mol. The lowest BCUT2D eigenvalue weighted by atomic mass is 9.66. The topological polar surface area (TPSA) is 145 Å². The van der Waals surface area contributed by atoms with Crippen LogP contribution in [0.5, 0.6) is 0 Å². The Kier molecular flexibility index (Phi) is 12.1. The van der Waals surface area contributed by atoms with E-state index in [9.17, 15) is 24.0 Å². The van der Waals surface area contributed by atoms with E-state index in [1.54, 1.807) is 11.0 Å². The van der Waals surface area contributed by atoms with Crippen molar-refractivity contribution in [2.75, 3.05) is 13.1 Å². The SMILES string of the molecule is C=CCNC(=O)C(=O)C(CC1CCC1)NC(=O)[C@@H]1[C@@H](CC(C)C)CCN1C(=O)[C@H](C1Cc2ccccc2C1)N1C(=O)[C@@H](NC(=O)c2cccs2)C12CCCCC2. The van der Waals surface area contributed by atoms with E-state index in [0.29, 0.717) is 56.4 Å². The van der Waals surface area contributed by atoms with Gasteiger partial charge in [0.1, 0.15) is 18.1 Å². The van der Waals surface area contributed by atoms with Crippen molar-refractivity contribution in [3.05, 3.63) is 70.4 Å². The van der Waals surface area contributed by atoms with Crippen molar-refractivity contribution in [1.82, 2.24) is 25.8 Å². The maximum absolute atomic E-state index is 15.6. The number of amides is 5. The average molecular weight is 784 g/mol. The summed E-state index contributed by atoms with van der Waals surface area (Å²) in [4.78, 5) is 88.8. The van der Waals surface area contributed by atoms with Crippen molar-refractivity contribution in [2.45, 2.75) is 127 Å². The van der Waals surface area contributed by atoms with E-state index in [2.05, 4.69) is 48.5 Å². The maximum Gasteiger partial charge on any atom is 0.289 e. The van der Waals surface area contributed by atoms with Gasteiger partial charge in [0, 0.05) is 13.1 Å². The van der Waals surface area contributed by atoms with Gasteiger partial charge in [0.2, 0.25) is 23.5 Å². The minimum atomic E-state index is -1.01. The summed E-state index contributed by atoms with van der Waals surface area (Å²) in [6, 6.07) is 8.29. The molecule has 1 unspecified atom stereocenters. The van der Waals surface area contributed by atoms with Gasteiger partial charge >= 0.3 is 0 Å². The minimum Gasteiger partial charge on any atom is -0.346 e. The van der Waals surface area contributed by atoms with Crippen molar-refractivity contribution < 1.29 is 28.8 Å². The number of thiophene rings is 1. The third-order valence-corrected chi connectivity index (χ3v) is 14.1. The summed E-state index contributed by atoms with van der Waals surface area (Å²) in [5.41, 5.74) is 1.60. The Bertz CT molecular complexity index is 1790. The number of fused-ring (bicyclic) bond motifs is 1. The van der Waals surface area contributed by atoms with Gasteiger partial charge in [0.15, 0.2) is 0 Å². The molecule has 1 aromatic heterocycles. The summed E-state index contributed by atoms with van der Waals surface area (Å²) in [7, 11) is 0. The number of ketones is 1. The van der Waals surface area contributed by atoms with Crippen molar-refractivity contribution in [1.29, 1.82) is 0 Å². The lowest BCUT2D eigenvalue weighted by molar-refractivity contribution is -0.183. The quantitative estimate of drug-likeness (QED) is 0.132. The van der Waals surface area contributed by atoms with Crippen LogP contribution in [0.15, 0.2) is 54.4 Å². The molecule has 2 aliphatic heterocycles. The van der Waals surface area contributed by atoms with Crippen LogP contribution in [0.3, 0.4) is 0 Å². The molecule has 3 aliphatic carbocycles. The standard InChI is InChI=1S/C44H57N5O6S/c1-4-20-45-41(53)37(50)33(24-28-12-10-13-28)46-40(52)35-31(23-27(2)3)17-21-48(35)42(54)36(32-25-29-14-6-7-15-30(29)26-32)49-43(55)38(44(49)18-8-5-9-19-44)47-39(51)34-16-11-22-56-34/h4,6-7,11,14-16,22,27-28,31-33,35-36,38H,1,5,8-10,12-13,17-21,23-26H2,2-3H3,(H,45,53)(H,46,52)(H,47,51)/t31-,33?,35+,36+,38-/m1/s1. The number of Topliss-reactive ketones (excluding diaryl/α,β-unsaturated/α-hetero) is 1. The number of rotatable bonds is 15. The number of carbonyl (C=O) groups excluding carboxylic acids is 6. The highest BCUT2D eigenvalue weighted by molar-refractivity contribution is 7.12. The van der Waals surface area contributed by atoms with Crippen molar-refractivity contribution in [3.8, 4) is 0 Å². The molecule has 0 radical (unpaired) electrons. The van der Waals surface area contributed by atoms with Crippen molar-refractivity contribution in [2.24, 2.45) is 23.7 Å². The van der Waals surface area contributed by atoms with E-state index in [0.717, 1.165) is 49.7 Å². The first kappa shape index (κ1) is 39.9. The van der Waals surface area contributed by atoms with Crippen LogP contribution in [0, 0.1) is 23.7 Å². The Labute approximate surface area is 334 Å². The van der Waals surface area contributed by atoms with Crippen molar-refractivity contribution >= 4 is 46.7 Å². The Balaban J connectivity index is 1.21. The molecular formula is C44H57N5O6S. The summed E-state index contributed by atoms with van der Waals surface area (Å²) >= 11 is 1.33. The number of β-lactam (4-membered cyclic amide) rings is 1. The minimum absolute atomic E-state index is 0.137. The van der Waals surface area contributed by atoms with E-state index in [-0.39, 0.29) is 47.9 Å². The molecular weight excluding hydrogens is 727 g/mol. The number of benzene rings is 1. The first-order valence-electron chi connectivity index (χ1n) is 20.8. The molecule has 3 heterocycles. The third-order valence-electron chi connectivity index (χ3n) is 13.2. The highest BCUT2D eigenvalue weighted by Gasteiger charge is 2.65. The van der Waals surface area contributed by atoms with E-state index < -0.39 is 47.3 Å². The first-order valence-corrected chi connectivity index (χ1v) is 21.7. The second-order valence-corrected chi connectivity index (χ2v) is 18.2. The molecule has 56 heavy (non-hydrogen) atoms. The molecule has 12 heteroatoms. The van der Waals surface area contributed by atoms with Gasteiger partial charge in [-0.25, -0.2) is 0 Å². The van der Waals surface area contributed by atoms with E-state index in [4.69, 9.17) is 0 Å². The number of nitrogens with one attached hydrogen (secondary N) is 3. The summed E-state index contributed by atoms with van der Waals surface area (Å²) in [5, 5.41) is 10.5. The van der Waals surface area contributed by atoms with Crippen LogP contribution in [0.4, 0.5) is 0 Å². The number of hydrogen-bond donors (Lipinski definition) is 3. The number of likely N-dealkylation sites (tertiary alicyclic amines) is 2. The summed E-state index contributed by atoms with van der Waals surface area (Å²) < 4.78 is 0. The molecule has 2 saturated heterocycles. The number of carbonyl (C=O) groups is 6. The van der Waals surface area contributed by atoms with Gasteiger partial charge in [-0.1, -0.05) is 88.8 Å². The second-order valence-electron chi connectivity index (χ2n) is 17.2. The van der Waals surface area contributed by atoms with Gasteiger partial charge in [-0.2, -0.15) is 0 Å². The summed E-state index contributed by atoms with van der Waals surface area (Å²) in [6.07, 6.45) is 11.5. The van der Waals surface area contributed by atoms with E-state index in [1.807, 2.05) is 28.5 Å². The third kappa shape index (κ3) is 7.82. The fraction of sp³-hybridized carbons (Fsp3) is 0.591. The van der Waals surface area contributed by atoms with Gasteiger partial charge in [0.25, 0.3) is 11.8 Å². The summed E-state index contributed by atoms with van der Waals surface area (Å²) in [6.45, 7) is 8.31. The molecule has 0 bridgehead atoms. The molecule has 1 aromatic carbocycles. The van der Waals surface area contributed by atoms with Crippen LogP contribution in [0.1, 0.15) is 105 Å². The molecule has 11 nitrogen and oxygen atoms in total. The smallest absolute Gasteiger partial charge is 0.289 e. The first-order chi connectivity index (χ1) is 27.0. The van der Waals surface area contributed by atoms with Crippen LogP contribution in [0.25, 0.3) is 0 Å². The number of hydrogen-bond acceptors (Lipinski definition) is 7. The molecule has 5 aliphatic rings. The fourth-order valence-electron chi connectivity index (χ4n) is 10.4. The van der Waals surface area contributed by atoms with E-state index in [1.165, 1.54) is 17.4 Å². The highest BCUT2D eigenvalue weighted by Crippen LogP contribution is 2.49. The van der Waals surface area contributed by atoms with Crippen LogP contribution in [0.2, 0.25) is 0 Å². The normalized spacial score (nSPS) is 24.2. The lowest BCUT2D eigenvalue weighted by Crippen LogP contribution is -2.83. The molecule has 5 atom stereocenters. The molecule has 2 aromatic rings. The van der Waals surface area contributed by atoms with Gasteiger partial charge in [-0.15, -0.1) is 17.9 Å². The molecule has 2 saturated carbocycles. The highest BCUT2D eigenvalue weighted by atomic mass is 32.1. The Morgan fingerprint density at radius 2 is 1.66 bits per heavy atom. The fourth-order valence-corrected chi connectivity index (χ4v) is 11.0. The van der Waals surface area contributed by atoms with Gasteiger partial charge in [0.05, 0.1) is 16.5 Å². The van der Waals surface area contributed by atoms with E-state index >= 15 is 4.79 Å².